The van der Waals surface area contributed by atoms with E-state index < -0.39 is 5.60 Å². The summed E-state index contributed by atoms with van der Waals surface area (Å²) in [5, 5.41) is 15.2. The third kappa shape index (κ3) is 2.36. The van der Waals surface area contributed by atoms with Crippen LogP contribution in [0.25, 0.3) is 11.3 Å². The quantitative estimate of drug-likeness (QED) is 0.790. The van der Waals surface area contributed by atoms with Crippen LogP contribution in [-0.4, -0.2) is 10.3 Å². The van der Waals surface area contributed by atoms with E-state index in [2.05, 4.69) is 5.16 Å². The maximum atomic E-state index is 11.1. The second kappa shape index (κ2) is 5.19. The van der Waals surface area contributed by atoms with Crippen molar-refractivity contribution in [1.29, 1.82) is 0 Å². The summed E-state index contributed by atoms with van der Waals surface area (Å²) in [5.74, 6) is 0.628. The Morgan fingerprint density at radius 2 is 1.52 bits per heavy atom. The first-order valence-electron chi connectivity index (χ1n) is 6.91. The second-order valence-electron chi connectivity index (χ2n) is 5.27. The van der Waals surface area contributed by atoms with E-state index in [1.165, 1.54) is 0 Å². The molecule has 0 amide bonds. The first kappa shape index (κ1) is 13.6. The molecule has 0 aliphatic heterocycles. The van der Waals surface area contributed by atoms with Crippen molar-refractivity contribution in [2.75, 3.05) is 0 Å². The van der Waals surface area contributed by atoms with E-state index in [1.54, 1.807) is 6.92 Å². The summed E-state index contributed by atoms with van der Waals surface area (Å²) >= 11 is 0. The Balaban J connectivity index is 2.17. The number of benzene rings is 2. The van der Waals surface area contributed by atoms with Gasteiger partial charge in [-0.05, 0) is 19.4 Å². The molecule has 1 unspecified atom stereocenters. The number of aryl methyl sites for hydroxylation is 1. The van der Waals surface area contributed by atoms with E-state index in [-0.39, 0.29) is 0 Å². The van der Waals surface area contributed by atoms with Gasteiger partial charge < -0.3 is 9.63 Å². The lowest BCUT2D eigenvalue weighted by Gasteiger charge is -2.24. The molecule has 3 heteroatoms. The van der Waals surface area contributed by atoms with Crippen LogP contribution in [0.5, 0.6) is 0 Å². The van der Waals surface area contributed by atoms with Gasteiger partial charge >= 0.3 is 0 Å². The lowest BCUT2D eigenvalue weighted by atomic mass is 9.85. The van der Waals surface area contributed by atoms with Gasteiger partial charge in [-0.15, -0.1) is 0 Å². The van der Waals surface area contributed by atoms with Crippen LogP contribution in [0.4, 0.5) is 0 Å². The highest BCUT2D eigenvalue weighted by atomic mass is 16.5. The molecule has 3 rings (SSSR count). The molecule has 21 heavy (non-hydrogen) atoms. The van der Waals surface area contributed by atoms with Crippen molar-refractivity contribution < 1.29 is 9.63 Å². The predicted octanol–water partition coefficient (Wildman–Crippen LogP) is 3.91. The van der Waals surface area contributed by atoms with E-state index >= 15 is 0 Å². The predicted molar refractivity (Wildman–Crippen MR) is 81.8 cm³/mol. The van der Waals surface area contributed by atoms with Crippen molar-refractivity contribution in [1.82, 2.24) is 5.16 Å². The average Bonchev–Trinajstić information content (AvgIpc) is 2.91. The molecular weight excluding hydrogens is 262 g/mol. The molecule has 0 bridgehead atoms. The van der Waals surface area contributed by atoms with Crippen LogP contribution in [0, 0.1) is 6.92 Å². The van der Waals surface area contributed by atoms with E-state index in [0.29, 0.717) is 17.0 Å². The van der Waals surface area contributed by atoms with Gasteiger partial charge in [-0.2, -0.15) is 0 Å². The molecule has 0 aliphatic carbocycles. The molecule has 106 valence electrons. The van der Waals surface area contributed by atoms with E-state index in [9.17, 15) is 5.11 Å². The highest BCUT2D eigenvalue weighted by Gasteiger charge is 2.33. The lowest BCUT2D eigenvalue weighted by Crippen LogP contribution is -2.24. The van der Waals surface area contributed by atoms with Crippen LogP contribution < -0.4 is 0 Å². The van der Waals surface area contributed by atoms with Crippen molar-refractivity contribution in [3.05, 3.63) is 77.6 Å². The maximum absolute atomic E-state index is 11.1. The highest BCUT2D eigenvalue weighted by molar-refractivity contribution is 5.65. The van der Waals surface area contributed by atoms with E-state index in [4.69, 9.17) is 4.52 Å². The van der Waals surface area contributed by atoms with Crippen molar-refractivity contribution in [3.8, 4) is 11.3 Å². The lowest BCUT2D eigenvalue weighted by molar-refractivity contribution is 0.101. The zero-order chi connectivity index (χ0) is 14.9. The minimum absolute atomic E-state index is 0.628. The molecule has 0 aliphatic rings. The maximum Gasteiger partial charge on any atom is 0.140 e. The Morgan fingerprint density at radius 3 is 2.14 bits per heavy atom. The SMILES string of the molecule is Cc1onc(-c2ccccc2)c1C(C)(O)c1ccccc1. The minimum Gasteiger partial charge on any atom is -0.380 e. The van der Waals surface area contributed by atoms with Gasteiger partial charge in [0.1, 0.15) is 17.1 Å². The number of rotatable bonds is 3. The first-order valence-corrected chi connectivity index (χ1v) is 6.91. The molecule has 0 fully saturated rings. The second-order valence-corrected chi connectivity index (χ2v) is 5.27. The monoisotopic (exact) mass is 279 g/mol. The van der Waals surface area contributed by atoms with Gasteiger partial charge in [-0.1, -0.05) is 65.8 Å². The summed E-state index contributed by atoms with van der Waals surface area (Å²) in [4.78, 5) is 0. The Labute approximate surface area is 123 Å². The van der Waals surface area contributed by atoms with Crippen LogP contribution >= 0.6 is 0 Å². The Bertz CT molecular complexity index is 730. The molecule has 3 aromatic rings. The van der Waals surface area contributed by atoms with Gasteiger partial charge in [-0.25, -0.2) is 0 Å². The van der Waals surface area contributed by atoms with Crippen molar-refractivity contribution in [2.24, 2.45) is 0 Å². The molecule has 1 heterocycles. The van der Waals surface area contributed by atoms with Crippen LogP contribution in [-0.2, 0) is 5.60 Å². The Morgan fingerprint density at radius 1 is 0.952 bits per heavy atom. The molecule has 1 N–H and O–H groups in total. The summed E-state index contributed by atoms with van der Waals surface area (Å²) in [6.07, 6.45) is 0. The summed E-state index contributed by atoms with van der Waals surface area (Å²) < 4.78 is 5.35. The minimum atomic E-state index is -1.16. The molecule has 0 spiro atoms. The van der Waals surface area contributed by atoms with Gasteiger partial charge in [0.2, 0.25) is 0 Å². The molecule has 0 saturated heterocycles. The van der Waals surface area contributed by atoms with Gasteiger partial charge in [0.25, 0.3) is 0 Å². The smallest absolute Gasteiger partial charge is 0.140 e. The molecule has 0 radical (unpaired) electrons. The molecule has 2 aromatic carbocycles. The fraction of sp³-hybridized carbons (Fsp3) is 0.167. The van der Waals surface area contributed by atoms with Gasteiger partial charge in [0.15, 0.2) is 0 Å². The molecule has 0 saturated carbocycles. The number of hydrogen-bond acceptors (Lipinski definition) is 3. The Hall–Kier alpha value is -2.39. The normalized spacial score (nSPS) is 13.9. The number of hydrogen-bond donors (Lipinski definition) is 1. The topological polar surface area (TPSA) is 46.3 Å². The third-order valence-electron chi connectivity index (χ3n) is 3.73. The van der Waals surface area contributed by atoms with E-state index in [1.807, 2.05) is 67.6 Å². The molecular formula is C18H17NO2. The molecule has 1 atom stereocenters. The zero-order valence-electron chi connectivity index (χ0n) is 12.1. The summed E-state index contributed by atoms with van der Waals surface area (Å²) in [6.45, 7) is 3.60. The molecule has 1 aromatic heterocycles. The highest BCUT2D eigenvalue weighted by Crippen LogP contribution is 2.37. The average molecular weight is 279 g/mol. The van der Waals surface area contributed by atoms with Crippen LogP contribution in [0.3, 0.4) is 0 Å². The van der Waals surface area contributed by atoms with E-state index in [0.717, 1.165) is 11.1 Å². The fourth-order valence-electron chi connectivity index (χ4n) is 2.65. The third-order valence-corrected chi connectivity index (χ3v) is 3.73. The van der Waals surface area contributed by atoms with Crippen LogP contribution in [0.15, 0.2) is 65.2 Å². The van der Waals surface area contributed by atoms with Crippen LogP contribution in [0.1, 0.15) is 23.8 Å². The first-order chi connectivity index (χ1) is 10.1. The molecule has 3 nitrogen and oxygen atoms in total. The van der Waals surface area contributed by atoms with Crippen LogP contribution in [0.2, 0.25) is 0 Å². The Kier molecular flexibility index (Phi) is 3.35. The summed E-state index contributed by atoms with van der Waals surface area (Å²) in [6, 6.07) is 19.3. The van der Waals surface area contributed by atoms with Gasteiger partial charge in [-0.3, -0.25) is 0 Å². The van der Waals surface area contributed by atoms with Gasteiger partial charge in [0.05, 0.1) is 5.56 Å². The summed E-state index contributed by atoms with van der Waals surface area (Å²) in [5.41, 5.74) is 1.98. The van der Waals surface area contributed by atoms with Gasteiger partial charge in [0, 0.05) is 5.56 Å². The number of nitrogens with zero attached hydrogens (tertiary/aromatic N) is 1. The van der Waals surface area contributed by atoms with Crippen molar-refractivity contribution in [2.45, 2.75) is 19.4 Å². The number of aliphatic hydroxyl groups is 1. The zero-order valence-corrected chi connectivity index (χ0v) is 12.1. The standard InChI is InChI=1S/C18H17NO2/c1-13-16(18(2,20)15-11-7-4-8-12-15)17(19-21-13)14-9-5-3-6-10-14/h3-12,20H,1-2H3. The largest absolute Gasteiger partial charge is 0.380 e. The fourth-order valence-corrected chi connectivity index (χ4v) is 2.65. The van der Waals surface area contributed by atoms with Crippen molar-refractivity contribution in [3.63, 3.8) is 0 Å². The summed E-state index contributed by atoms with van der Waals surface area (Å²) in [7, 11) is 0. The van der Waals surface area contributed by atoms with Crippen molar-refractivity contribution >= 4 is 0 Å². The number of aromatic nitrogens is 1.